The van der Waals surface area contributed by atoms with Crippen molar-refractivity contribution in [2.24, 2.45) is 0 Å². The molecule has 0 spiro atoms. The summed E-state index contributed by atoms with van der Waals surface area (Å²) >= 11 is 1.68. The van der Waals surface area contributed by atoms with Gasteiger partial charge < -0.3 is 10.4 Å². The lowest BCUT2D eigenvalue weighted by atomic mass is 10.2. The van der Waals surface area contributed by atoms with E-state index in [-0.39, 0.29) is 6.04 Å². The van der Waals surface area contributed by atoms with Gasteiger partial charge in [0.2, 0.25) is 0 Å². The van der Waals surface area contributed by atoms with E-state index in [9.17, 15) is 5.11 Å². The second kappa shape index (κ2) is 5.29. The van der Waals surface area contributed by atoms with E-state index in [2.05, 4.69) is 22.6 Å². The molecule has 1 unspecified atom stereocenters. The van der Waals surface area contributed by atoms with Crippen LogP contribution in [0.5, 0.6) is 5.75 Å². The number of nitrogens with one attached hydrogen (secondary N) is 1. The Morgan fingerprint density at radius 1 is 1.35 bits per heavy atom. The van der Waals surface area contributed by atoms with Crippen LogP contribution in [-0.4, -0.2) is 10.1 Å². The molecule has 3 nitrogen and oxygen atoms in total. The Balaban J connectivity index is 1.92. The number of hydrogen-bond donors (Lipinski definition) is 2. The molecular formula is C13H16N2OS. The highest BCUT2D eigenvalue weighted by Gasteiger charge is 2.08. The zero-order chi connectivity index (χ0) is 12.3. The zero-order valence-electron chi connectivity index (χ0n) is 9.97. The molecule has 0 aliphatic heterocycles. The smallest absolute Gasteiger partial charge is 0.115 e. The largest absolute Gasteiger partial charge is 0.508 e. The Morgan fingerprint density at radius 3 is 2.65 bits per heavy atom. The summed E-state index contributed by atoms with van der Waals surface area (Å²) < 4.78 is 0. The van der Waals surface area contributed by atoms with Crippen LogP contribution < -0.4 is 5.32 Å². The first-order valence-corrected chi connectivity index (χ1v) is 6.46. The minimum absolute atomic E-state index is 0.252. The molecule has 4 heteroatoms. The maximum Gasteiger partial charge on any atom is 0.115 e. The number of aryl methyl sites for hydroxylation is 1. The molecule has 17 heavy (non-hydrogen) atoms. The van der Waals surface area contributed by atoms with Crippen molar-refractivity contribution in [3.8, 4) is 5.75 Å². The highest BCUT2D eigenvalue weighted by atomic mass is 32.1. The molecule has 0 saturated heterocycles. The summed E-state index contributed by atoms with van der Waals surface area (Å²) in [5.41, 5.74) is 2.23. The van der Waals surface area contributed by atoms with Crippen molar-refractivity contribution in [2.45, 2.75) is 26.4 Å². The number of benzene rings is 1. The molecule has 2 rings (SSSR count). The molecule has 0 amide bonds. The molecule has 0 radical (unpaired) electrons. The molecule has 1 heterocycles. The quantitative estimate of drug-likeness (QED) is 0.874. The maximum atomic E-state index is 9.19. The van der Waals surface area contributed by atoms with E-state index in [4.69, 9.17) is 0 Å². The van der Waals surface area contributed by atoms with Gasteiger partial charge in [-0.05, 0) is 31.5 Å². The highest BCUT2D eigenvalue weighted by molar-refractivity contribution is 7.09. The van der Waals surface area contributed by atoms with Crippen LogP contribution in [0, 0.1) is 6.92 Å². The number of phenols is 1. The van der Waals surface area contributed by atoms with Crippen molar-refractivity contribution in [2.75, 3.05) is 0 Å². The fourth-order valence-electron chi connectivity index (χ4n) is 1.54. The maximum absolute atomic E-state index is 9.19. The number of hydrogen-bond acceptors (Lipinski definition) is 4. The van der Waals surface area contributed by atoms with Gasteiger partial charge >= 0.3 is 0 Å². The first-order chi connectivity index (χ1) is 8.15. The van der Waals surface area contributed by atoms with E-state index in [1.165, 1.54) is 0 Å². The molecule has 0 fully saturated rings. The van der Waals surface area contributed by atoms with Gasteiger partial charge in [-0.1, -0.05) is 12.1 Å². The molecule has 2 aromatic rings. The fourth-order valence-corrected chi connectivity index (χ4v) is 2.37. The number of nitrogens with zero attached hydrogens (tertiary/aromatic N) is 1. The van der Waals surface area contributed by atoms with E-state index in [1.54, 1.807) is 23.5 Å². The Bertz CT molecular complexity index is 478. The van der Waals surface area contributed by atoms with Crippen LogP contribution in [0.3, 0.4) is 0 Å². The highest BCUT2D eigenvalue weighted by Crippen LogP contribution is 2.18. The monoisotopic (exact) mass is 248 g/mol. The lowest BCUT2D eigenvalue weighted by Gasteiger charge is -2.11. The van der Waals surface area contributed by atoms with Gasteiger partial charge in [-0.3, -0.25) is 0 Å². The third-order valence-electron chi connectivity index (χ3n) is 2.56. The summed E-state index contributed by atoms with van der Waals surface area (Å²) in [5, 5.41) is 15.8. The zero-order valence-corrected chi connectivity index (χ0v) is 10.8. The van der Waals surface area contributed by atoms with Crippen molar-refractivity contribution in [1.29, 1.82) is 0 Å². The topological polar surface area (TPSA) is 45.1 Å². The van der Waals surface area contributed by atoms with E-state index < -0.39 is 0 Å². The third kappa shape index (κ3) is 3.28. The van der Waals surface area contributed by atoms with E-state index >= 15 is 0 Å². The van der Waals surface area contributed by atoms with Crippen molar-refractivity contribution in [3.05, 3.63) is 45.9 Å². The lowest BCUT2D eigenvalue weighted by Crippen LogP contribution is -2.17. The molecule has 90 valence electrons. The second-order valence-corrected chi connectivity index (χ2v) is 4.99. The number of phenolic OH excluding ortho intramolecular Hbond substituents is 1. The average molecular weight is 248 g/mol. The second-order valence-electron chi connectivity index (χ2n) is 4.10. The predicted octanol–water partition coefficient (Wildman–Crippen LogP) is 3.01. The summed E-state index contributed by atoms with van der Waals surface area (Å²) in [6.07, 6.45) is 0. The van der Waals surface area contributed by atoms with Crippen LogP contribution in [0.15, 0.2) is 29.6 Å². The van der Waals surface area contributed by atoms with E-state index in [0.717, 1.165) is 22.8 Å². The summed E-state index contributed by atoms with van der Waals surface area (Å²) in [4.78, 5) is 4.45. The molecule has 1 aromatic carbocycles. The molecule has 0 aliphatic rings. The van der Waals surface area contributed by atoms with Gasteiger partial charge in [0.25, 0.3) is 0 Å². The molecule has 2 N–H and O–H groups in total. The third-order valence-corrected chi connectivity index (χ3v) is 3.70. The van der Waals surface area contributed by atoms with Gasteiger partial charge in [-0.15, -0.1) is 11.3 Å². The molecule has 1 aromatic heterocycles. The summed E-state index contributed by atoms with van der Waals surface area (Å²) in [6.45, 7) is 4.89. The fraction of sp³-hybridized carbons (Fsp3) is 0.308. The minimum Gasteiger partial charge on any atom is -0.508 e. The first kappa shape index (κ1) is 12.1. The number of rotatable bonds is 4. The summed E-state index contributed by atoms with van der Waals surface area (Å²) in [5.74, 6) is 0.303. The Labute approximate surface area is 105 Å². The normalized spacial score (nSPS) is 12.6. The van der Waals surface area contributed by atoms with Gasteiger partial charge in [0.05, 0.1) is 6.04 Å². The van der Waals surface area contributed by atoms with Crippen molar-refractivity contribution < 1.29 is 5.11 Å². The Morgan fingerprint density at radius 2 is 2.06 bits per heavy atom. The molecule has 1 atom stereocenters. The van der Waals surface area contributed by atoms with Crippen LogP contribution in [0.25, 0.3) is 0 Å². The Kier molecular flexibility index (Phi) is 3.76. The van der Waals surface area contributed by atoms with Crippen molar-refractivity contribution in [1.82, 2.24) is 10.3 Å². The van der Waals surface area contributed by atoms with Gasteiger partial charge in [0, 0.05) is 17.6 Å². The first-order valence-electron chi connectivity index (χ1n) is 5.58. The molecular weight excluding hydrogens is 232 g/mol. The van der Waals surface area contributed by atoms with Crippen LogP contribution in [0.1, 0.15) is 29.2 Å². The molecule has 0 bridgehead atoms. The van der Waals surface area contributed by atoms with Gasteiger partial charge in [0.1, 0.15) is 10.8 Å². The van der Waals surface area contributed by atoms with E-state index in [1.807, 2.05) is 19.1 Å². The number of aromatic hydroxyl groups is 1. The Hall–Kier alpha value is -1.39. The lowest BCUT2D eigenvalue weighted by molar-refractivity contribution is 0.474. The van der Waals surface area contributed by atoms with Crippen molar-refractivity contribution in [3.63, 3.8) is 0 Å². The van der Waals surface area contributed by atoms with Crippen LogP contribution in [-0.2, 0) is 6.54 Å². The SMILES string of the molecule is Cc1csc(C(C)NCc2ccc(O)cc2)n1. The van der Waals surface area contributed by atoms with Crippen molar-refractivity contribution >= 4 is 11.3 Å². The van der Waals surface area contributed by atoms with Crippen LogP contribution in [0.4, 0.5) is 0 Å². The average Bonchev–Trinajstić information content (AvgIpc) is 2.75. The standard InChI is InChI=1S/C13H16N2OS/c1-9-8-17-13(15-9)10(2)14-7-11-3-5-12(16)6-4-11/h3-6,8,10,14,16H,7H2,1-2H3. The molecule has 0 saturated carbocycles. The predicted molar refractivity (Wildman–Crippen MR) is 70.2 cm³/mol. The minimum atomic E-state index is 0.252. The summed E-state index contributed by atoms with van der Waals surface area (Å²) in [7, 11) is 0. The van der Waals surface area contributed by atoms with Crippen LogP contribution in [0.2, 0.25) is 0 Å². The van der Waals surface area contributed by atoms with Gasteiger partial charge in [0.15, 0.2) is 0 Å². The van der Waals surface area contributed by atoms with Gasteiger partial charge in [-0.2, -0.15) is 0 Å². The summed E-state index contributed by atoms with van der Waals surface area (Å²) in [6, 6.07) is 7.50. The number of thiazole rings is 1. The van der Waals surface area contributed by atoms with Crippen LogP contribution >= 0.6 is 11.3 Å². The number of aromatic nitrogens is 1. The van der Waals surface area contributed by atoms with Gasteiger partial charge in [-0.25, -0.2) is 4.98 Å². The van der Waals surface area contributed by atoms with E-state index in [0.29, 0.717) is 5.75 Å². The molecule has 0 aliphatic carbocycles.